The maximum absolute atomic E-state index is 11.9. The van der Waals surface area contributed by atoms with Gasteiger partial charge in [0.25, 0.3) is 5.91 Å². The number of aliphatic imine (C=N–C) groups is 1. The van der Waals surface area contributed by atoms with Gasteiger partial charge in [0.2, 0.25) is 0 Å². The highest BCUT2D eigenvalue weighted by Gasteiger charge is 2.27. The van der Waals surface area contributed by atoms with E-state index in [1.165, 1.54) is 24.2 Å². The monoisotopic (exact) mass is 323 g/mol. The third-order valence-electron chi connectivity index (χ3n) is 3.32. The Labute approximate surface area is 129 Å². The summed E-state index contributed by atoms with van der Waals surface area (Å²) in [5.74, 6) is -0.255. The number of amidine groups is 1. The number of nitrogens with zero attached hydrogens (tertiary/aromatic N) is 3. The van der Waals surface area contributed by atoms with E-state index >= 15 is 0 Å². The van der Waals surface area contributed by atoms with E-state index in [1.807, 2.05) is 0 Å². The zero-order valence-electron chi connectivity index (χ0n) is 11.2. The molecule has 21 heavy (non-hydrogen) atoms. The Morgan fingerprint density at radius 3 is 2.76 bits per heavy atom. The van der Waals surface area contributed by atoms with Crippen LogP contribution in [-0.4, -0.2) is 34.0 Å². The van der Waals surface area contributed by atoms with Crippen LogP contribution in [0, 0.1) is 10.1 Å². The van der Waals surface area contributed by atoms with Crippen molar-refractivity contribution in [3.63, 3.8) is 0 Å². The summed E-state index contributed by atoms with van der Waals surface area (Å²) in [7, 11) is 0. The lowest BCUT2D eigenvalue weighted by Crippen LogP contribution is -2.33. The Morgan fingerprint density at radius 1 is 1.33 bits per heavy atom. The molecule has 2 aliphatic heterocycles. The SMILES string of the molecule is O=C1N=C(N2CCCCC2)SC1=Cc1csc([N+](=O)[O-])c1. The predicted octanol–water partition coefficient (Wildman–Crippen LogP) is 3.11. The lowest BCUT2D eigenvalue weighted by Gasteiger charge is -2.27. The summed E-state index contributed by atoms with van der Waals surface area (Å²) in [5.41, 5.74) is 0.678. The second-order valence-electron chi connectivity index (χ2n) is 4.83. The number of hydrogen-bond donors (Lipinski definition) is 0. The van der Waals surface area contributed by atoms with Gasteiger partial charge in [0.15, 0.2) is 5.17 Å². The number of amides is 1. The lowest BCUT2D eigenvalue weighted by molar-refractivity contribution is -0.380. The van der Waals surface area contributed by atoms with E-state index in [0.29, 0.717) is 10.5 Å². The largest absolute Gasteiger partial charge is 0.351 e. The van der Waals surface area contributed by atoms with Gasteiger partial charge in [0, 0.05) is 24.5 Å². The third kappa shape index (κ3) is 3.16. The number of thioether (sulfide) groups is 1. The molecule has 0 aliphatic carbocycles. The molecule has 2 aliphatic rings. The summed E-state index contributed by atoms with van der Waals surface area (Å²) in [6.45, 7) is 1.88. The van der Waals surface area contributed by atoms with Crippen molar-refractivity contribution in [2.24, 2.45) is 4.99 Å². The van der Waals surface area contributed by atoms with Gasteiger partial charge in [-0.25, -0.2) is 0 Å². The molecule has 0 N–H and O–H groups in total. The van der Waals surface area contributed by atoms with Gasteiger partial charge < -0.3 is 4.90 Å². The van der Waals surface area contributed by atoms with Crippen molar-refractivity contribution >= 4 is 45.3 Å². The number of hydrogen-bond acceptors (Lipinski definition) is 6. The van der Waals surface area contributed by atoms with Crippen molar-refractivity contribution in [3.8, 4) is 0 Å². The van der Waals surface area contributed by atoms with Crippen molar-refractivity contribution < 1.29 is 9.72 Å². The molecular formula is C13H13N3O3S2. The molecule has 1 aromatic heterocycles. The standard InChI is InChI=1S/C13H13N3O3S2/c17-12-10(6-9-7-11(16(18)19)20-8-9)21-13(14-12)15-4-2-1-3-5-15/h6-8H,1-5H2. The number of thiophene rings is 1. The summed E-state index contributed by atoms with van der Waals surface area (Å²) >= 11 is 2.42. The minimum atomic E-state index is -0.425. The predicted molar refractivity (Wildman–Crippen MR) is 84.4 cm³/mol. The highest BCUT2D eigenvalue weighted by molar-refractivity contribution is 8.18. The quantitative estimate of drug-likeness (QED) is 0.475. The van der Waals surface area contributed by atoms with Crippen LogP contribution in [0.4, 0.5) is 5.00 Å². The van der Waals surface area contributed by atoms with Gasteiger partial charge in [0.05, 0.1) is 9.83 Å². The second-order valence-corrected chi connectivity index (χ2v) is 6.73. The third-order valence-corrected chi connectivity index (χ3v) is 5.26. The van der Waals surface area contributed by atoms with E-state index in [4.69, 9.17) is 0 Å². The van der Waals surface area contributed by atoms with Gasteiger partial charge in [-0.05, 0) is 42.7 Å². The van der Waals surface area contributed by atoms with E-state index in [1.54, 1.807) is 11.5 Å². The molecule has 1 amide bonds. The summed E-state index contributed by atoms with van der Waals surface area (Å²) in [5, 5.41) is 13.2. The smallest absolute Gasteiger partial charge is 0.324 e. The minimum Gasteiger partial charge on any atom is -0.351 e. The zero-order chi connectivity index (χ0) is 14.8. The summed E-state index contributed by atoms with van der Waals surface area (Å²) < 4.78 is 0. The molecule has 0 saturated carbocycles. The van der Waals surface area contributed by atoms with Gasteiger partial charge in [-0.15, -0.1) is 0 Å². The fourth-order valence-corrected chi connectivity index (χ4v) is 3.93. The molecule has 0 bridgehead atoms. The summed E-state index contributed by atoms with van der Waals surface area (Å²) in [6, 6.07) is 1.48. The summed E-state index contributed by atoms with van der Waals surface area (Å²) in [4.78, 5) is 29.0. The minimum absolute atomic E-state index is 0.0782. The lowest BCUT2D eigenvalue weighted by atomic mass is 10.1. The van der Waals surface area contributed by atoms with Gasteiger partial charge in [0.1, 0.15) is 0 Å². The number of piperidine rings is 1. The van der Waals surface area contributed by atoms with E-state index in [0.717, 1.165) is 42.4 Å². The van der Waals surface area contributed by atoms with Crippen LogP contribution in [0.5, 0.6) is 0 Å². The Hall–Kier alpha value is -1.67. The molecule has 1 aromatic rings. The number of carbonyl (C=O) groups is 1. The molecule has 110 valence electrons. The number of likely N-dealkylation sites (tertiary alicyclic amines) is 1. The molecule has 3 heterocycles. The first kappa shape index (κ1) is 14.3. The Morgan fingerprint density at radius 2 is 2.10 bits per heavy atom. The average Bonchev–Trinajstić information content (AvgIpc) is 3.08. The molecule has 0 atom stereocenters. The van der Waals surface area contributed by atoms with Crippen LogP contribution in [0.25, 0.3) is 6.08 Å². The molecule has 0 spiro atoms. The molecule has 1 fully saturated rings. The van der Waals surface area contributed by atoms with E-state index in [9.17, 15) is 14.9 Å². The summed E-state index contributed by atoms with van der Waals surface area (Å²) in [6.07, 6.45) is 5.16. The Bertz CT molecular complexity index is 645. The van der Waals surface area contributed by atoms with Crippen LogP contribution in [0.15, 0.2) is 21.3 Å². The van der Waals surface area contributed by atoms with Gasteiger partial charge in [-0.3, -0.25) is 14.9 Å². The van der Waals surface area contributed by atoms with Crippen molar-refractivity contribution in [1.29, 1.82) is 0 Å². The van der Waals surface area contributed by atoms with Crippen LogP contribution in [0.2, 0.25) is 0 Å². The normalized spacial score (nSPS) is 21.0. The van der Waals surface area contributed by atoms with E-state index in [2.05, 4.69) is 9.89 Å². The van der Waals surface area contributed by atoms with Crippen molar-refractivity contribution in [1.82, 2.24) is 4.90 Å². The second kappa shape index (κ2) is 5.98. The van der Waals surface area contributed by atoms with Gasteiger partial charge >= 0.3 is 5.00 Å². The zero-order valence-corrected chi connectivity index (χ0v) is 12.8. The van der Waals surface area contributed by atoms with E-state index < -0.39 is 4.92 Å². The molecule has 8 heteroatoms. The first-order valence-corrected chi connectivity index (χ1v) is 8.33. The Balaban J connectivity index is 1.73. The molecule has 0 unspecified atom stereocenters. The molecule has 6 nitrogen and oxygen atoms in total. The maximum Gasteiger partial charge on any atom is 0.324 e. The molecule has 3 rings (SSSR count). The molecule has 0 radical (unpaired) electrons. The first-order valence-electron chi connectivity index (χ1n) is 6.64. The van der Waals surface area contributed by atoms with Gasteiger partial charge in [-0.1, -0.05) is 11.3 Å². The van der Waals surface area contributed by atoms with Crippen molar-refractivity contribution in [2.45, 2.75) is 19.3 Å². The number of rotatable bonds is 2. The number of nitro groups is 1. The highest BCUT2D eigenvalue weighted by Crippen LogP contribution is 2.33. The maximum atomic E-state index is 11.9. The molecule has 0 aromatic carbocycles. The van der Waals surface area contributed by atoms with E-state index in [-0.39, 0.29) is 10.9 Å². The van der Waals surface area contributed by atoms with Crippen LogP contribution < -0.4 is 0 Å². The first-order chi connectivity index (χ1) is 10.1. The Kier molecular flexibility index (Phi) is 4.07. The van der Waals surface area contributed by atoms with Crippen molar-refractivity contribution in [2.75, 3.05) is 13.1 Å². The fraction of sp³-hybridized carbons (Fsp3) is 0.385. The molecule has 1 saturated heterocycles. The van der Waals surface area contributed by atoms with Crippen LogP contribution in [0.3, 0.4) is 0 Å². The topological polar surface area (TPSA) is 75.8 Å². The average molecular weight is 323 g/mol. The van der Waals surface area contributed by atoms with Crippen LogP contribution in [0.1, 0.15) is 24.8 Å². The van der Waals surface area contributed by atoms with Crippen molar-refractivity contribution in [3.05, 3.63) is 32.0 Å². The number of carbonyl (C=O) groups excluding carboxylic acids is 1. The van der Waals surface area contributed by atoms with Crippen LogP contribution >= 0.6 is 23.1 Å². The molecular weight excluding hydrogens is 310 g/mol. The fourth-order valence-electron chi connectivity index (χ4n) is 2.28. The van der Waals surface area contributed by atoms with Gasteiger partial charge in [-0.2, -0.15) is 4.99 Å². The highest BCUT2D eigenvalue weighted by atomic mass is 32.2. The van der Waals surface area contributed by atoms with Crippen LogP contribution in [-0.2, 0) is 4.79 Å².